The van der Waals surface area contributed by atoms with Crippen LogP contribution in [0.3, 0.4) is 0 Å². The molecule has 1 heterocycles. The van der Waals surface area contributed by atoms with Gasteiger partial charge in [-0.15, -0.1) is 0 Å². The van der Waals surface area contributed by atoms with E-state index >= 15 is 0 Å². The Morgan fingerprint density at radius 1 is 1.00 bits per heavy atom. The summed E-state index contributed by atoms with van der Waals surface area (Å²) < 4.78 is 1.05. The zero-order chi connectivity index (χ0) is 11.1. The van der Waals surface area contributed by atoms with E-state index in [1.54, 1.807) is 0 Å². The second-order valence-electron chi connectivity index (χ2n) is 3.74. The van der Waals surface area contributed by atoms with Gasteiger partial charge in [0.05, 0.1) is 11.0 Å². The van der Waals surface area contributed by atoms with Crippen molar-refractivity contribution in [2.24, 2.45) is 0 Å². The molecular weight excluding hydrogens is 264 g/mol. The Morgan fingerprint density at radius 3 is 2.75 bits per heavy atom. The van der Waals surface area contributed by atoms with E-state index in [4.69, 9.17) is 5.73 Å². The van der Waals surface area contributed by atoms with Crippen LogP contribution < -0.4 is 5.73 Å². The summed E-state index contributed by atoms with van der Waals surface area (Å²) in [6.45, 7) is 0. The summed E-state index contributed by atoms with van der Waals surface area (Å²) in [6.07, 6.45) is 0. The highest BCUT2D eigenvalue weighted by Gasteiger charge is 2.02. The van der Waals surface area contributed by atoms with E-state index in [1.165, 1.54) is 0 Å². The first-order valence-electron chi connectivity index (χ1n) is 4.98. The number of fused-ring (bicyclic) bond motifs is 2. The Morgan fingerprint density at radius 2 is 1.88 bits per heavy atom. The third-order valence-electron chi connectivity index (χ3n) is 2.65. The van der Waals surface area contributed by atoms with Gasteiger partial charge in [-0.3, -0.25) is 0 Å². The Balaban J connectivity index is 2.49. The van der Waals surface area contributed by atoms with Crippen LogP contribution in [0.5, 0.6) is 0 Å². The summed E-state index contributed by atoms with van der Waals surface area (Å²) >= 11 is 3.46. The monoisotopic (exact) mass is 272 g/mol. The predicted molar refractivity (Wildman–Crippen MR) is 71.4 cm³/mol. The molecule has 0 aliphatic heterocycles. The van der Waals surface area contributed by atoms with Crippen molar-refractivity contribution in [3.05, 3.63) is 46.9 Å². The molecule has 3 heteroatoms. The molecular formula is C13H9BrN2. The van der Waals surface area contributed by atoms with Crippen LogP contribution in [0.1, 0.15) is 0 Å². The number of hydrogen-bond acceptors (Lipinski definition) is 2. The molecule has 0 spiro atoms. The largest absolute Gasteiger partial charge is 0.398 e. The number of hydrogen-bond donors (Lipinski definition) is 1. The van der Waals surface area contributed by atoms with E-state index in [2.05, 4.69) is 27.0 Å². The van der Waals surface area contributed by atoms with Crippen molar-refractivity contribution in [3.63, 3.8) is 0 Å². The van der Waals surface area contributed by atoms with Gasteiger partial charge in [-0.2, -0.15) is 0 Å². The lowest BCUT2D eigenvalue weighted by molar-refractivity contribution is 1.49. The quantitative estimate of drug-likeness (QED) is 0.500. The van der Waals surface area contributed by atoms with Crippen LogP contribution in [0.2, 0.25) is 0 Å². The first-order chi connectivity index (χ1) is 7.74. The first kappa shape index (κ1) is 9.60. The standard InChI is InChI=1S/C13H9BrN2/c14-9-4-5-12-8(6-9)7-10-11(15)2-1-3-13(10)16-12/h1-7H,15H2. The highest BCUT2D eigenvalue weighted by atomic mass is 79.9. The van der Waals surface area contributed by atoms with Crippen LogP contribution in [0.25, 0.3) is 21.8 Å². The van der Waals surface area contributed by atoms with Gasteiger partial charge in [0.1, 0.15) is 0 Å². The van der Waals surface area contributed by atoms with Crippen molar-refractivity contribution in [1.82, 2.24) is 4.98 Å². The molecule has 0 fully saturated rings. The van der Waals surface area contributed by atoms with E-state index in [-0.39, 0.29) is 0 Å². The molecule has 0 unspecified atom stereocenters. The molecule has 0 aliphatic carbocycles. The Bertz CT molecular complexity index is 692. The van der Waals surface area contributed by atoms with Crippen molar-refractivity contribution in [1.29, 1.82) is 0 Å². The number of nitrogens with two attached hydrogens (primary N) is 1. The van der Waals surface area contributed by atoms with Gasteiger partial charge in [-0.25, -0.2) is 4.98 Å². The van der Waals surface area contributed by atoms with Gasteiger partial charge < -0.3 is 5.73 Å². The molecule has 1 aromatic heterocycles. The van der Waals surface area contributed by atoms with E-state index < -0.39 is 0 Å². The lowest BCUT2D eigenvalue weighted by Crippen LogP contribution is -1.89. The van der Waals surface area contributed by atoms with Crippen LogP contribution in [0.15, 0.2) is 46.9 Å². The van der Waals surface area contributed by atoms with Crippen LogP contribution in [-0.4, -0.2) is 4.98 Å². The lowest BCUT2D eigenvalue weighted by Gasteiger charge is -2.04. The minimum Gasteiger partial charge on any atom is -0.398 e. The molecule has 3 aromatic rings. The van der Waals surface area contributed by atoms with Crippen LogP contribution in [-0.2, 0) is 0 Å². The highest BCUT2D eigenvalue weighted by molar-refractivity contribution is 9.10. The van der Waals surface area contributed by atoms with Gasteiger partial charge in [0.25, 0.3) is 0 Å². The third kappa shape index (κ3) is 1.44. The Hall–Kier alpha value is -1.61. The molecule has 16 heavy (non-hydrogen) atoms. The number of rotatable bonds is 0. The van der Waals surface area contributed by atoms with Crippen molar-refractivity contribution in [3.8, 4) is 0 Å². The number of anilines is 1. The second kappa shape index (κ2) is 3.46. The fraction of sp³-hybridized carbons (Fsp3) is 0. The fourth-order valence-corrected chi connectivity index (χ4v) is 2.23. The summed E-state index contributed by atoms with van der Waals surface area (Å²) in [5.41, 5.74) is 8.63. The van der Waals surface area contributed by atoms with Crippen LogP contribution >= 0.6 is 15.9 Å². The summed E-state index contributed by atoms with van der Waals surface area (Å²) in [5.74, 6) is 0. The van der Waals surface area contributed by atoms with Gasteiger partial charge in [0.15, 0.2) is 0 Å². The minimum atomic E-state index is 0.770. The van der Waals surface area contributed by atoms with Crippen molar-refractivity contribution in [2.45, 2.75) is 0 Å². The van der Waals surface area contributed by atoms with Crippen molar-refractivity contribution in [2.75, 3.05) is 5.73 Å². The minimum absolute atomic E-state index is 0.770. The molecule has 3 rings (SSSR count). The molecule has 78 valence electrons. The molecule has 2 aromatic carbocycles. The van der Waals surface area contributed by atoms with E-state index in [0.717, 1.165) is 32.0 Å². The van der Waals surface area contributed by atoms with Crippen molar-refractivity contribution >= 4 is 43.4 Å². The third-order valence-corrected chi connectivity index (χ3v) is 3.14. The van der Waals surface area contributed by atoms with E-state index in [0.29, 0.717) is 0 Å². The zero-order valence-electron chi connectivity index (χ0n) is 8.44. The maximum absolute atomic E-state index is 5.93. The SMILES string of the molecule is Nc1cccc2nc3ccc(Br)cc3cc12. The van der Waals surface area contributed by atoms with Gasteiger partial charge in [0.2, 0.25) is 0 Å². The molecule has 0 radical (unpaired) electrons. The molecule has 2 nitrogen and oxygen atoms in total. The molecule has 0 saturated heterocycles. The maximum Gasteiger partial charge on any atom is 0.0730 e. The second-order valence-corrected chi connectivity index (χ2v) is 4.65. The average molecular weight is 273 g/mol. The molecule has 2 N–H and O–H groups in total. The number of pyridine rings is 1. The number of halogens is 1. The van der Waals surface area contributed by atoms with Gasteiger partial charge in [0, 0.05) is 20.9 Å². The molecule has 0 amide bonds. The molecule has 0 aliphatic rings. The zero-order valence-corrected chi connectivity index (χ0v) is 10.0. The lowest BCUT2D eigenvalue weighted by atomic mass is 10.1. The fourth-order valence-electron chi connectivity index (χ4n) is 1.85. The number of nitrogens with zero attached hydrogens (tertiary/aromatic N) is 1. The smallest absolute Gasteiger partial charge is 0.0730 e. The van der Waals surface area contributed by atoms with Gasteiger partial charge in [-0.05, 0) is 36.4 Å². The summed E-state index contributed by atoms with van der Waals surface area (Å²) in [4.78, 5) is 4.58. The van der Waals surface area contributed by atoms with Gasteiger partial charge >= 0.3 is 0 Å². The topological polar surface area (TPSA) is 38.9 Å². The molecule has 0 saturated carbocycles. The molecule has 0 bridgehead atoms. The number of aromatic nitrogens is 1. The molecule has 0 atom stereocenters. The van der Waals surface area contributed by atoms with Gasteiger partial charge in [-0.1, -0.05) is 22.0 Å². The first-order valence-corrected chi connectivity index (χ1v) is 5.78. The van der Waals surface area contributed by atoms with Crippen molar-refractivity contribution < 1.29 is 0 Å². The number of nitrogen functional groups attached to an aromatic ring is 1. The number of benzene rings is 2. The normalized spacial score (nSPS) is 11.1. The van der Waals surface area contributed by atoms with E-state index in [9.17, 15) is 0 Å². The summed E-state index contributed by atoms with van der Waals surface area (Å²) in [7, 11) is 0. The van der Waals surface area contributed by atoms with Crippen LogP contribution in [0.4, 0.5) is 5.69 Å². The highest BCUT2D eigenvalue weighted by Crippen LogP contribution is 2.25. The predicted octanol–water partition coefficient (Wildman–Crippen LogP) is 3.73. The maximum atomic E-state index is 5.93. The van der Waals surface area contributed by atoms with E-state index in [1.807, 2.05) is 36.4 Å². The Kier molecular flexibility index (Phi) is 2.07. The average Bonchev–Trinajstić information content (AvgIpc) is 2.28. The summed E-state index contributed by atoms with van der Waals surface area (Å²) in [5, 5.41) is 2.10. The summed E-state index contributed by atoms with van der Waals surface area (Å²) in [6, 6.07) is 13.9. The van der Waals surface area contributed by atoms with Crippen LogP contribution in [0, 0.1) is 0 Å². The Labute approximate surface area is 101 Å².